The molecule has 1 aromatic carbocycles. The van der Waals surface area contributed by atoms with Gasteiger partial charge in [0.1, 0.15) is 0 Å². The lowest BCUT2D eigenvalue weighted by molar-refractivity contribution is -0.120. The van der Waals surface area contributed by atoms with Crippen molar-refractivity contribution < 1.29 is 9.53 Å². The number of nitrogens with one attached hydrogen (secondary N) is 1. The Morgan fingerprint density at radius 3 is 2.73 bits per heavy atom. The van der Waals surface area contributed by atoms with Gasteiger partial charge in [0.2, 0.25) is 5.91 Å². The van der Waals surface area contributed by atoms with Gasteiger partial charge in [0.25, 0.3) is 0 Å². The van der Waals surface area contributed by atoms with E-state index in [1.807, 2.05) is 12.1 Å². The zero-order chi connectivity index (χ0) is 16.1. The summed E-state index contributed by atoms with van der Waals surface area (Å²) in [5, 5.41) is 3.08. The van der Waals surface area contributed by atoms with Crippen molar-refractivity contribution in [2.24, 2.45) is 5.92 Å². The molecule has 4 nitrogen and oxygen atoms in total. The van der Waals surface area contributed by atoms with Gasteiger partial charge < -0.3 is 15.0 Å². The summed E-state index contributed by atoms with van der Waals surface area (Å²) in [6, 6.07) is 8.59. The molecule has 0 aliphatic carbocycles. The fourth-order valence-corrected chi connectivity index (χ4v) is 3.09. The second-order valence-electron chi connectivity index (χ2n) is 6.66. The molecule has 0 unspecified atom stereocenters. The van der Waals surface area contributed by atoms with E-state index in [0.29, 0.717) is 30.8 Å². The van der Waals surface area contributed by atoms with Gasteiger partial charge in [0.15, 0.2) is 0 Å². The average molecular weight is 304 g/mol. The number of hydrogen-bond acceptors (Lipinski definition) is 3. The molecule has 0 spiro atoms. The molecule has 0 saturated carbocycles. The first-order chi connectivity index (χ1) is 10.5. The Bertz CT molecular complexity index is 500. The number of ether oxygens (including phenoxy) is 1. The van der Waals surface area contributed by atoms with Crippen LogP contribution in [0, 0.1) is 5.92 Å². The van der Waals surface area contributed by atoms with Gasteiger partial charge >= 0.3 is 0 Å². The van der Waals surface area contributed by atoms with Gasteiger partial charge in [-0.2, -0.15) is 0 Å². The van der Waals surface area contributed by atoms with Gasteiger partial charge in [-0.05, 0) is 31.1 Å². The standard InChI is InChI=1S/C18H28N2O2/c1-13(2)16-8-6-5-7-14(16)9-18(21)19-10-15-11-22-12-17(15)20(3)4/h5-8,13,15,17H,9-12H2,1-4H3,(H,19,21)/t15-,17-/m1/s1. The normalized spacial score (nSPS) is 21.5. The van der Waals surface area contributed by atoms with Gasteiger partial charge in [-0.1, -0.05) is 38.1 Å². The monoisotopic (exact) mass is 304 g/mol. The molecule has 2 atom stereocenters. The van der Waals surface area contributed by atoms with Gasteiger partial charge in [0.05, 0.1) is 19.6 Å². The van der Waals surface area contributed by atoms with Crippen molar-refractivity contribution in [1.29, 1.82) is 0 Å². The maximum atomic E-state index is 12.3. The number of hydrogen-bond donors (Lipinski definition) is 1. The van der Waals surface area contributed by atoms with Crippen LogP contribution in [0.25, 0.3) is 0 Å². The zero-order valence-electron chi connectivity index (χ0n) is 14.1. The van der Waals surface area contributed by atoms with E-state index in [1.165, 1.54) is 5.56 Å². The van der Waals surface area contributed by atoms with Crippen LogP contribution in [-0.2, 0) is 16.0 Å². The third-order valence-corrected chi connectivity index (χ3v) is 4.42. The number of carbonyl (C=O) groups is 1. The molecule has 1 heterocycles. The molecule has 2 rings (SSSR count). The minimum Gasteiger partial charge on any atom is -0.379 e. The molecule has 0 radical (unpaired) electrons. The highest BCUT2D eigenvalue weighted by atomic mass is 16.5. The molecule has 0 aromatic heterocycles. The highest BCUT2D eigenvalue weighted by Crippen LogP contribution is 2.20. The lowest BCUT2D eigenvalue weighted by atomic mass is 9.95. The highest BCUT2D eigenvalue weighted by Gasteiger charge is 2.29. The second-order valence-corrected chi connectivity index (χ2v) is 6.66. The first kappa shape index (κ1) is 17.0. The molecule has 122 valence electrons. The third-order valence-electron chi connectivity index (χ3n) is 4.42. The molecule has 1 aliphatic rings. The molecule has 0 bridgehead atoms. The van der Waals surface area contributed by atoms with Crippen LogP contribution in [0.15, 0.2) is 24.3 Å². The molecule has 4 heteroatoms. The summed E-state index contributed by atoms with van der Waals surface area (Å²) in [4.78, 5) is 14.4. The number of benzene rings is 1. The quantitative estimate of drug-likeness (QED) is 0.874. The molecular weight excluding hydrogens is 276 g/mol. The van der Waals surface area contributed by atoms with Crippen LogP contribution in [0.1, 0.15) is 30.9 Å². The van der Waals surface area contributed by atoms with Crippen molar-refractivity contribution in [3.63, 3.8) is 0 Å². The predicted octanol–water partition coefficient (Wildman–Crippen LogP) is 2.05. The van der Waals surface area contributed by atoms with Gasteiger partial charge in [0, 0.05) is 18.5 Å². The summed E-state index contributed by atoms with van der Waals surface area (Å²) in [5.74, 6) is 0.905. The first-order valence-electron chi connectivity index (χ1n) is 8.07. The Balaban J connectivity index is 1.89. The average Bonchev–Trinajstić information content (AvgIpc) is 2.94. The summed E-state index contributed by atoms with van der Waals surface area (Å²) in [6.45, 7) is 6.49. The van der Waals surface area contributed by atoms with E-state index < -0.39 is 0 Å². The van der Waals surface area contributed by atoms with E-state index in [0.717, 1.165) is 18.8 Å². The van der Waals surface area contributed by atoms with Crippen LogP contribution in [-0.4, -0.2) is 50.7 Å². The fraction of sp³-hybridized carbons (Fsp3) is 0.611. The van der Waals surface area contributed by atoms with Crippen molar-refractivity contribution >= 4 is 5.91 Å². The number of nitrogens with zero attached hydrogens (tertiary/aromatic N) is 1. The Kier molecular flexibility index (Phi) is 5.98. The van der Waals surface area contributed by atoms with Crippen LogP contribution in [0.4, 0.5) is 0 Å². The highest BCUT2D eigenvalue weighted by molar-refractivity contribution is 5.79. The molecule has 1 aromatic rings. The second kappa shape index (κ2) is 7.75. The number of amides is 1. The Morgan fingerprint density at radius 1 is 1.32 bits per heavy atom. The molecule has 1 fully saturated rings. The Labute approximate surface area is 133 Å². The van der Waals surface area contributed by atoms with E-state index >= 15 is 0 Å². The van der Waals surface area contributed by atoms with Gasteiger partial charge in [-0.25, -0.2) is 0 Å². The molecule has 1 aliphatic heterocycles. The molecule has 1 saturated heterocycles. The maximum Gasteiger partial charge on any atom is 0.224 e. The zero-order valence-corrected chi connectivity index (χ0v) is 14.1. The number of likely N-dealkylation sites (N-methyl/N-ethyl adjacent to an activating group) is 1. The van der Waals surface area contributed by atoms with E-state index in [2.05, 4.69) is 50.3 Å². The molecule has 1 amide bonds. The third kappa shape index (κ3) is 4.31. The Hall–Kier alpha value is -1.39. The van der Waals surface area contributed by atoms with Crippen molar-refractivity contribution in [2.75, 3.05) is 33.9 Å². The van der Waals surface area contributed by atoms with E-state index in [4.69, 9.17) is 4.74 Å². The minimum atomic E-state index is 0.0949. The fourth-order valence-electron chi connectivity index (χ4n) is 3.09. The maximum absolute atomic E-state index is 12.3. The van der Waals surface area contributed by atoms with Crippen LogP contribution in [0.3, 0.4) is 0 Å². The smallest absolute Gasteiger partial charge is 0.224 e. The van der Waals surface area contributed by atoms with E-state index in [1.54, 1.807) is 0 Å². The lowest BCUT2D eigenvalue weighted by Crippen LogP contribution is -2.41. The summed E-state index contributed by atoms with van der Waals surface area (Å²) >= 11 is 0. The lowest BCUT2D eigenvalue weighted by Gasteiger charge is -2.24. The van der Waals surface area contributed by atoms with Crippen LogP contribution < -0.4 is 5.32 Å². The van der Waals surface area contributed by atoms with Crippen LogP contribution >= 0.6 is 0 Å². The van der Waals surface area contributed by atoms with Crippen LogP contribution in [0.5, 0.6) is 0 Å². The van der Waals surface area contributed by atoms with Gasteiger partial charge in [-0.15, -0.1) is 0 Å². The summed E-state index contributed by atoms with van der Waals surface area (Å²) in [6.07, 6.45) is 0.453. The molecule has 22 heavy (non-hydrogen) atoms. The molecule has 1 N–H and O–H groups in total. The Morgan fingerprint density at radius 2 is 2.05 bits per heavy atom. The minimum absolute atomic E-state index is 0.0949. The first-order valence-corrected chi connectivity index (χ1v) is 8.07. The van der Waals surface area contributed by atoms with Crippen molar-refractivity contribution in [3.05, 3.63) is 35.4 Å². The summed E-state index contributed by atoms with van der Waals surface area (Å²) in [5.41, 5.74) is 2.38. The largest absolute Gasteiger partial charge is 0.379 e. The predicted molar refractivity (Wildman–Crippen MR) is 89.0 cm³/mol. The van der Waals surface area contributed by atoms with Crippen molar-refractivity contribution in [3.8, 4) is 0 Å². The van der Waals surface area contributed by atoms with Gasteiger partial charge in [-0.3, -0.25) is 4.79 Å². The van der Waals surface area contributed by atoms with Crippen molar-refractivity contribution in [1.82, 2.24) is 10.2 Å². The van der Waals surface area contributed by atoms with E-state index in [-0.39, 0.29) is 5.91 Å². The van der Waals surface area contributed by atoms with E-state index in [9.17, 15) is 4.79 Å². The molecular formula is C18H28N2O2. The summed E-state index contributed by atoms with van der Waals surface area (Å²) in [7, 11) is 4.13. The van der Waals surface area contributed by atoms with Crippen LogP contribution in [0.2, 0.25) is 0 Å². The topological polar surface area (TPSA) is 41.6 Å². The summed E-state index contributed by atoms with van der Waals surface area (Å²) < 4.78 is 5.54. The van der Waals surface area contributed by atoms with Crippen molar-refractivity contribution in [2.45, 2.75) is 32.2 Å². The number of rotatable bonds is 6. The SMILES string of the molecule is CC(C)c1ccccc1CC(=O)NC[C@@H]1COC[C@H]1N(C)C. The number of carbonyl (C=O) groups excluding carboxylic acids is 1.